The van der Waals surface area contributed by atoms with Gasteiger partial charge in [-0.3, -0.25) is 29.8 Å². The van der Waals surface area contributed by atoms with Gasteiger partial charge in [-0.1, -0.05) is 6.07 Å². The molecule has 0 spiro atoms. The minimum Gasteiger partial charge on any atom is -0.336 e. The van der Waals surface area contributed by atoms with E-state index < -0.39 is 27.1 Å². The zero-order chi connectivity index (χ0) is 21.8. The third kappa shape index (κ3) is 4.75. The zero-order valence-electron chi connectivity index (χ0n) is 16.1. The highest BCUT2D eigenvalue weighted by Gasteiger charge is 2.22. The molecule has 0 radical (unpaired) electrons. The van der Waals surface area contributed by atoms with Gasteiger partial charge in [0.15, 0.2) is 0 Å². The van der Waals surface area contributed by atoms with E-state index in [0.29, 0.717) is 24.3 Å². The summed E-state index contributed by atoms with van der Waals surface area (Å²) in [5.41, 5.74) is -0.662. The maximum atomic E-state index is 12.7. The summed E-state index contributed by atoms with van der Waals surface area (Å²) >= 11 is 0. The van der Waals surface area contributed by atoms with E-state index in [9.17, 15) is 29.8 Å². The van der Waals surface area contributed by atoms with Crippen LogP contribution in [0.15, 0.2) is 42.5 Å². The van der Waals surface area contributed by atoms with Gasteiger partial charge in [0.2, 0.25) is 0 Å². The van der Waals surface area contributed by atoms with Crippen LogP contribution in [0.25, 0.3) is 0 Å². The second-order valence-corrected chi connectivity index (χ2v) is 6.88. The van der Waals surface area contributed by atoms with Crippen LogP contribution in [0.2, 0.25) is 0 Å². The molecule has 2 aromatic rings. The van der Waals surface area contributed by atoms with Gasteiger partial charge in [0.1, 0.15) is 0 Å². The largest absolute Gasteiger partial charge is 0.336 e. The minimum absolute atomic E-state index is 0.162. The molecule has 1 heterocycles. The van der Waals surface area contributed by atoms with Crippen LogP contribution < -0.4 is 5.32 Å². The first-order chi connectivity index (χ1) is 14.2. The maximum Gasteiger partial charge on any atom is 0.277 e. The van der Waals surface area contributed by atoms with Crippen molar-refractivity contribution in [2.75, 3.05) is 38.5 Å². The van der Waals surface area contributed by atoms with Crippen LogP contribution in [-0.2, 0) is 0 Å². The lowest BCUT2D eigenvalue weighted by Crippen LogP contribution is -2.47. The zero-order valence-corrected chi connectivity index (χ0v) is 16.1. The van der Waals surface area contributed by atoms with Crippen molar-refractivity contribution in [3.05, 3.63) is 73.8 Å². The van der Waals surface area contributed by atoms with Gasteiger partial charge in [-0.05, 0) is 25.2 Å². The number of hydrogen-bond donors (Lipinski definition) is 1. The molecule has 11 heteroatoms. The molecule has 1 fully saturated rings. The number of nitrogens with one attached hydrogen (secondary N) is 1. The van der Waals surface area contributed by atoms with Gasteiger partial charge in [-0.25, -0.2) is 0 Å². The summed E-state index contributed by atoms with van der Waals surface area (Å²) in [6, 6.07) is 9.01. The number of rotatable bonds is 5. The van der Waals surface area contributed by atoms with Gasteiger partial charge in [0.25, 0.3) is 23.2 Å². The molecule has 3 rings (SSSR count). The summed E-state index contributed by atoms with van der Waals surface area (Å²) in [5.74, 6) is -0.920. The first kappa shape index (κ1) is 20.9. The van der Waals surface area contributed by atoms with E-state index in [4.69, 9.17) is 0 Å². The SMILES string of the molecule is CN1CCN(C(=O)c2cccc(NC(=O)c3cc([N+](=O)[O-])cc([N+](=O)[O-])c3)c2)CC1. The number of likely N-dealkylation sites (N-methyl/N-ethyl adjacent to an activating group) is 1. The van der Waals surface area contributed by atoms with Crippen molar-refractivity contribution in [2.24, 2.45) is 0 Å². The summed E-state index contributed by atoms with van der Waals surface area (Å²) in [4.78, 5) is 49.5. The van der Waals surface area contributed by atoms with Gasteiger partial charge in [0.05, 0.1) is 21.5 Å². The Morgan fingerprint density at radius 1 is 0.900 bits per heavy atom. The number of nitro benzene ring substituents is 2. The Bertz CT molecular complexity index is 984. The highest BCUT2D eigenvalue weighted by Crippen LogP contribution is 2.24. The van der Waals surface area contributed by atoms with Crippen LogP contribution in [0, 0.1) is 20.2 Å². The van der Waals surface area contributed by atoms with Crippen LogP contribution in [0.3, 0.4) is 0 Å². The monoisotopic (exact) mass is 413 g/mol. The summed E-state index contributed by atoms with van der Waals surface area (Å²) in [5, 5.41) is 24.5. The Balaban J connectivity index is 1.79. The molecule has 1 aliphatic heterocycles. The van der Waals surface area contributed by atoms with Gasteiger partial charge in [-0.15, -0.1) is 0 Å². The summed E-state index contributed by atoms with van der Waals surface area (Å²) in [7, 11) is 1.98. The number of piperazine rings is 1. The molecule has 2 aromatic carbocycles. The second kappa shape index (κ2) is 8.66. The number of anilines is 1. The molecule has 2 amide bonds. The predicted molar refractivity (Wildman–Crippen MR) is 108 cm³/mol. The van der Waals surface area contributed by atoms with Crippen LogP contribution in [0.5, 0.6) is 0 Å². The minimum atomic E-state index is -0.806. The summed E-state index contributed by atoms with van der Waals surface area (Å²) < 4.78 is 0. The van der Waals surface area contributed by atoms with E-state index >= 15 is 0 Å². The molecule has 0 saturated carbocycles. The van der Waals surface area contributed by atoms with Crippen LogP contribution in [0.4, 0.5) is 17.1 Å². The highest BCUT2D eigenvalue weighted by atomic mass is 16.6. The molecule has 1 N–H and O–H groups in total. The molecule has 1 saturated heterocycles. The Morgan fingerprint density at radius 3 is 2.07 bits per heavy atom. The smallest absolute Gasteiger partial charge is 0.277 e. The number of carbonyl (C=O) groups excluding carboxylic acids is 2. The molecule has 0 unspecified atom stereocenters. The van der Waals surface area contributed by atoms with E-state index in [2.05, 4.69) is 10.2 Å². The number of non-ortho nitro benzene ring substituents is 2. The molecule has 30 heavy (non-hydrogen) atoms. The van der Waals surface area contributed by atoms with Crippen molar-refractivity contribution < 1.29 is 19.4 Å². The van der Waals surface area contributed by atoms with E-state index in [0.717, 1.165) is 31.3 Å². The van der Waals surface area contributed by atoms with E-state index in [-0.39, 0.29) is 11.5 Å². The van der Waals surface area contributed by atoms with E-state index in [1.807, 2.05) is 7.05 Å². The third-order valence-electron chi connectivity index (χ3n) is 4.74. The molecule has 0 atom stereocenters. The number of benzene rings is 2. The van der Waals surface area contributed by atoms with Crippen molar-refractivity contribution in [3.8, 4) is 0 Å². The average Bonchev–Trinajstić information content (AvgIpc) is 2.73. The Labute approximate surface area is 171 Å². The molecular weight excluding hydrogens is 394 g/mol. The second-order valence-electron chi connectivity index (χ2n) is 6.88. The van der Waals surface area contributed by atoms with Crippen molar-refractivity contribution >= 4 is 28.9 Å². The summed E-state index contributed by atoms with van der Waals surface area (Å²) in [6.45, 7) is 2.74. The maximum absolute atomic E-state index is 12.7. The van der Waals surface area contributed by atoms with Crippen molar-refractivity contribution in [2.45, 2.75) is 0 Å². The van der Waals surface area contributed by atoms with Crippen molar-refractivity contribution in [1.29, 1.82) is 0 Å². The summed E-state index contributed by atoms with van der Waals surface area (Å²) in [6.07, 6.45) is 0. The number of hydrogen-bond acceptors (Lipinski definition) is 7. The van der Waals surface area contributed by atoms with Gasteiger partial charge in [-0.2, -0.15) is 0 Å². The fraction of sp³-hybridized carbons (Fsp3) is 0.263. The number of amides is 2. The Morgan fingerprint density at radius 2 is 1.50 bits per heavy atom. The predicted octanol–water partition coefficient (Wildman–Crippen LogP) is 2.14. The molecule has 1 aliphatic rings. The fourth-order valence-electron chi connectivity index (χ4n) is 3.06. The topological polar surface area (TPSA) is 139 Å². The van der Waals surface area contributed by atoms with Crippen LogP contribution >= 0.6 is 0 Å². The molecule has 0 bridgehead atoms. The lowest BCUT2D eigenvalue weighted by atomic mass is 10.1. The van der Waals surface area contributed by atoms with E-state index in [1.165, 1.54) is 6.07 Å². The van der Waals surface area contributed by atoms with Gasteiger partial charge in [0, 0.05) is 49.6 Å². The molecule has 11 nitrogen and oxygen atoms in total. The molecular formula is C19H19N5O6. The van der Waals surface area contributed by atoms with Crippen molar-refractivity contribution in [3.63, 3.8) is 0 Å². The standard InChI is InChI=1S/C19H19N5O6/c1-21-5-7-22(8-6-21)19(26)13-3-2-4-15(9-13)20-18(25)14-10-16(23(27)28)12-17(11-14)24(29)30/h2-4,9-12H,5-8H2,1H3,(H,20,25). The van der Waals surface area contributed by atoms with Crippen molar-refractivity contribution in [1.82, 2.24) is 9.80 Å². The van der Waals surface area contributed by atoms with Gasteiger partial charge >= 0.3 is 0 Å². The highest BCUT2D eigenvalue weighted by molar-refractivity contribution is 6.06. The Kier molecular flexibility index (Phi) is 6.02. The first-order valence-electron chi connectivity index (χ1n) is 9.07. The number of nitrogens with zero attached hydrogens (tertiary/aromatic N) is 4. The van der Waals surface area contributed by atoms with Crippen LogP contribution in [0.1, 0.15) is 20.7 Å². The fourth-order valence-corrected chi connectivity index (χ4v) is 3.06. The number of carbonyl (C=O) groups is 2. The molecule has 0 aliphatic carbocycles. The number of nitro groups is 2. The Hall–Kier alpha value is -3.86. The van der Waals surface area contributed by atoms with Gasteiger partial charge < -0.3 is 15.1 Å². The quantitative estimate of drug-likeness (QED) is 0.585. The third-order valence-corrected chi connectivity index (χ3v) is 4.74. The molecule has 156 valence electrons. The normalized spacial score (nSPS) is 14.2. The first-order valence-corrected chi connectivity index (χ1v) is 9.07. The molecule has 0 aromatic heterocycles. The lowest BCUT2D eigenvalue weighted by molar-refractivity contribution is -0.394. The lowest BCUT2D eigenvalue weighted by Gasteiger charge is -2.32. The average molecular weight is 413 g/mol. The van der Waals surface area contributed by atoms with Crippen LogP contribution in [-0.4, -0.2) is 64.7 Å². The van der Waals surface area contributed by atoms with E-state index in [1.54, 1.807) is 23.1 Å².